The molecular formula is C12H13O3PS. The molecule has 0 aromatic heterocycles. The second-order valence-corrected chi connectivity index (χ2v) is 8.53. The van der Waals surface area contributed by atoms with Crippen molar-refractivity contribution in [3.8, 4) is 0 Å². The first kappa shape index (κ1) is 12.6. The second kappa shape index (κ2) is 5.17. The van der Waals surface area contributed by atoms with E-state index in [4.69, 9.17) is 0 Å². The summed E-state index contributed by atoms with van der Waals surface area (Å²) in [6.45, 7) is -3.94. The van der Waals surface area contributed by atoms with Gasteiger partial charge in [-0.05, 0) is 24.3 Å². The van der Waals surface area contributed by atoms with Gasteiger partial charge in [0, 0.05) is 9.79 Å². The molecule has 0 aliphatic rings. The Morgan fingerprint density at radius 1 is 0.647 bits per heavy atom. The fourth-order valence-corrected chi connectivity index (χ4v) is 5.61. The van der Waals surface area contributed by atoms with Gasteiger partial charge < -0.3 is 14.7 Å². The van der Waals surface area contributed by atoms with Gasteiger partial charge in [-0.1, -0.05) is 46.5 Å². The van der Waals surface area contributed by atoms with Crippen LogP contribution >= 0.6 is 6.72 Å². The Labute approximate surface area is 102 Å². The molecule has 0 spiro atoms. The maximum absolute atomic E-state index is 9.62. The van der Waals surface area contributed by atoms with E-state index in [0.717, 1.165) is 9.79 Å². The molecule has 0 heterocycles. The minimum atomic E-state index is -3.94. The standard InChI is InChI=1S/C12H13O3PS/c13-16(14,15)17(11-7-3-1-4-8-11)12-9-5-2-6-10-12/h1-10,13-15H. The number of benzene rings is 2. The van der Waals surface area contributed by atoms with Crippen LogP contribution in [-0.2, 0) is 10.1 Å². The van der Waals surface area contributed by atoms with Crippen molar-refractivity contribution in [3.05, 3.63) is 60.7 Å². The summed E-state index contributed by atoms with van der Waals surface area (Å²) in [5.41, 5.74) is 0. The molecule has 90 valence electrons. The quantitative estimate of drug-likeness (QED) is 0.733. The monoisotopic (exact) mass is 268 g/mol. The van der Waals surface area contributed by atoms with Crippen molar-refractivity contribution in [3.63, 3.8) is 0 Å². The van der Waals surface area contributed by atoms with Crippen LogP contribution in [0.25, 0.3) is 0 Å². The number of rotatable bonds is 2. The van der Waals surface area contributed by atoms with Crippen LogP contribution in [0.4, 0.5) is 0 Å². The Morgan fingerprint density at radius 3 is 1.29 bits per heavy atom. The lowest BCUT2D eigenvalue weighted by Gasteiger charge is -2.15. The fourth-order valence-electron chi connectivity index (χ4n) is 1.52. The first-order chi connectivity index (χ1) is 8.09. The van der Waals surface area contributed by atoms with Crippen LogP contribution in [0.1, 0.15) is 0 Å². The van der Waals surface area contributed by atoms with Crippen molar-refractivity contribution < 1.29 is 14.7 Å². The van der Waals surface area contributed by atoms with Crippen molar-refractivity contribution in [1.29, 1.82) is 0 Å². The van der Waals surface area contributed by atoms with Gasteiger partial charge in [-0.2, -0.15) is 0 Å². The second-order valence-electron chi connectivity index (χ2n) is 3.42. The maximum atomic E-state index is 9.62. The van der Waals surface area contributed by atoms with Gasteiger partial charge in [0.05, 0.1) is 0 Å². The summed E-state index contributed by atoms with van der Waals surface area (Å²) in [5.74, 6) is 0. The summed E-state index contributed by atoms with van der Waals surface area (Å²) in [5, 5.41) is 0. The molecule has 3 nitrogen and oxygen atoms in total. The van der Waals surface area contributed by atoms with Crippen LogP contribution in [0.15, 0.2) is 70.5 Å². The zero-order valence-electron chi connectivity index (χ0n) is 8.97. The van der Waals surface area contributed by atoms with E-state index in [9.17, 15) is 14.7 Å². The first-order valence-corrected chi connectivity index (χ1v) is 8.49. The molecule has 5 heteroatoms. The largest absolute Gasteiger partial charge is 0.328 e. The van der Waals surface area contributed by atoms with Gasteiger partial charge in [0.2, 0.25) is 0 Å². The number of hydrogen-bond donors (Lipinski definition) is 3. The zero-order chi connectivity index (χ0) is 12.3. The SMILES string of the molecule is OP(O)(O)=S(c1ccccc1)c1ccccc1. The molecule has 2 rings (SSSR count). The Balaban J connectivity index is 2.66. The average Bonchev–Trinajstić information content (AvgIpc) is 2.30. The summed E-state index contributed by atoms with van der Waals surface area (Å²) in [6, 6.07) is 18.1. The highest BCUT2D eigenvalue weighted by Crippen LogP contribution is 2.43. The van der Waals surface area contributed by atoms with E-state index in [1.807, 2.05) is 36.4 Å². The molecule has 0 aliphatic carbocycles. The number of hydrogen-bond acceptors (Lipinski definition) is 0. The van der Waals surface area contributed by atoms with Gasteiger partial charge >= 0.3 is 0 Å². The summed E-state index contributed by atoms with van der Waals surface area (Å²) in [4.78, 5) is 30.3. The first-order valence-electron chi connectivity index (χ1n) is 5.01. The van der Waals surface area contributed by atoms with E-state index in [-0.39, 0.29) is 0 Å². The predicted molar refractivity (Wildman–Crippen MR) is 70.4 cm³/mol. The molecule has 17 heavy (non-hydrogen) atoms. The van der Waals surface area contributed by atoms with Crippen LogP contribution in [0, 0.1) is 0 Å². The molecule has 3 N–H and O–H groups in total. The predicted octanol–water partition coefficient (Wildman–Crippen LogP) is 2.38. The molecule has 2 aromatic carbocycles. The van der Waals surface area contributed by atoms with Gasteiger partial charge in [0.15, 0.2) is 0 Å². The molecule has 0 aliphatic heterocycles. The molecule has 2 aromatic rings. The Kier molecular flexibility index (Phi) is 3.82. The molecule has 0 fully saturated rings. The topological polar surface area (TPSA) is 60.7 Å². The van der Waals surface area contributed by atoms with Crippen LogP contribution < -0.4 is 0 Å². The van der Waals surface area contributed by atoms with Crippen molar-refractivity contribution in [2.45, 2.75) is 9.79 Å². The lowest BCUT2D eigenvalue weighted by molar-refractivity contribution is 0.362. The Hall–Kier alpha value is -0.900. The van der Waals surface area contributed by atoms with Gasteiger partial charge in [0.1, 0.15) is 0 Å². The summed E-state index contributed by atoms with van der Waals surface area (Å²) < 4.78 is 0. The molecule has 0 saturated heterocycles. The molecule has 0 atom stereocenters. The maximum Gasteiger partial charge on any atom is 0.286 e. The van der Waals surface area contributed by atoms with Crippen LogP contribution in [-0.4, -0.2) is 14.7 Å². The normalized spacial score (nSPS) is 11.8. The fraction of sp³-hybridized carbons (Fsp3) is 0. The van der Waals surface area contributed by atoms with E-state index in [0.29, 0.717) is 0 Å². The molecule has 0 saturated carbocycles. The molecule has 0 radical (unpaired) electrons. The van der Waals surface area contributed by atoms with Crippen molar-refractivity contribution >= 4 is 16.8 Å². The molecule has 0 unspecified atom stereocenters. The minimum absolute atomic E-state index is 0.722. The van der Waals surface area contributed by atoms with E-state index >= 15 is 0 Å². The summed E-state index contributed by atoms with van der Waals surface area (Å²) in [6.07, 6.45) is 0. The van der Waals surface area contributed by atoms with Gasteiger partial charge in [-0.25, -0.2) is 0 Å². The van der Waals surface area contributed by atoms with Crippen molar-refractivity contribution in [2.75, 3.05) is 0 Å². The Morgan fingerprint density at radius 2 is 1.00 bits per heavy atom. The van der Waals surface area contributed by atoms with Crippen LogP contribution in [0.2, 0.25) is 0 Å². The molecular weight excluding hydrogens is 255 g/mol. The van der Waals surface area contributed by atoms with E-state index in [2.05, 4.69) is 0 Å². The van der Waals surface area contributed by atoms with Crippen molar-refractivity contribution in [2.24, 2.45) is 0 Å². The van der Waals surface area contributed by atoms with Gasteiger partial charge in [0.25, 0.3) is 6.72 Å². The highest BCUT2D eigenvalue weighted by Gasteiger charge is 2.16. The van der Waals surface area contributed by atoms with E-state index in [1.165, 1.54) is 0 Å². The summed E-state index contributed by atoms with van der Waals surface area (Å²) in [7, 11) is -1.09. The van der Waals surface area contributed by atoms with Crippen LogP contribution in [0.5, 0.6) is 0 Å². The summed E-state index contributed by atoms with van der Waals surface area (Å²) >= 11 is 0. The molecule has 0 amide bonds. The Bertz CT molecular complexity index is 499. The van der Waals surface area contributed by atoms with E-state index in [1.54, 1.807) is 24.3 Å². The highest BCUT2D eigenvalue weighted by atomic mass is 32.5. The smallest absolute Gasteiger partial charge is 0.286 e. The minimum Gasteiger partial charge on any atom is -0.328 e. The third-order valence-corrected chi connectivity index (χ3v) is 6.84. The third kappa shape index (κ3) is 3.06. The van der Waals surface area contributed by atoms with E-state index < -0.39 is 16.8 Å². The highest BCUT2D eigenvalue weighted by molar-refractivity contribution is 8.27. The zero-order valence-corrected chi connectivity index (χ0v) is 10.7. The average molecular weight is 268 g/mol. The van der Waals surface area contributed by atoms with Gasteiger partial charge in [-0.3, -0.25) is 0 Å². The molecule has 0 bridgehead atoms. The lowest BCUT2D eigenvalue weighted by atomic mass is 10.4. The third-order valence-electron chi connectivity index (χ3n) is 2.18. The van der Waals surface area contributed by atoms with Gasteiger partial charge in [-0.15, -0.1) is 0 Å². The van der Waals surface area contributed by atoms with Crippen LogP contribution in [0.3, 0.4) is 0 Å². The lowest BCUT2D eigenvalue weighted by Crippen LogP contribution is -1.96. The van der Waals surface area contributed by atoms with Crippen molar-refractivity contribution in [1.82, 2.24) is 0 Å².